The zero-order chi connectivity index (χ0) is 22.2. The van der Waals surface area contributed by atoms with Crippen LogP contribution in [-0.2, 0) is 4.79 Å². The number of benzene rings is 2. The van der Waals surface area contributed by atoms with Crippen molar-refractivity contribution in [2.75, 3.05) is 19.5 Å². The van der Waals surface area contributed by atoms with Crippen molar-refractivity contribution >= 4 is 11.7 Å². The van der Waals surface area contributed by atoms with Gasteiger partial charge in [0.15, 0.2) is 23.1 Å². The topological polar surface area (TPSA) is 102 Å². The number of carbonyl (C=O) groups excluding carboxylic acids is 1. The molecule has 8 nitrogen and oxygen atoms in total. The number of rotatable bonds is 4. The molecular weight excluding hydrogens is 406 g/mol. The molecule has 0 saturated carbocycles. The van der Waals surface area contributed by atoms with E-state index in [0.29, 0.717) is 35.3 Å². The third-order valence-electron chi connectivity index (χ3n) is 5.87. The number of anilines is 1. The van der Waals surface area contributed by atoms with Crippen molar-refractivity contribution in [3.63, 3.8) is 0 Å². The summed E-state index contributed by atoms with van der Waals surface area (Å²) in [6.07, 6.45) is 2.10. The number of methoxy groups -OCH3 is 2. The van der Waals surface area contributed by atoms with E-state index in [1.165, 1.54) is 0 Å². The molecule has 0 bridgehead atoms. The second-order valence-corrected chi connectivity index (χ2v) is 7.70. The van der Waals surface area contributed by atoms with Gasteiger partial charge in [0.25, 0.3) is 0 Å². The van der Waals surface area contributed by atoms with Crippen LogP contribution in [0.4, 0.5) is 5.95 Å². The van der Waals surface area contributed by atoms with Crippen LogP contribution >= 0.6 is 0 Å². The summed E-state index contributed by atoms with van der Waals surface area (Å²) in [5.74, 6) is 2.41. The van der Waals surface area contributed by atoms with Gasteiger partial charge in [0.2, 0.25) is 5.95 Å². The molecule has 3 aromatic rings. The number of fused-ring (bicyclic) bond motifs is 1. The van der Waals surface area contributed by atoms with Crippen LogP contribution in [0.2, 0.25) is 0 Å². The van der Waals surface area contributed by atoms with Gasteiger partial charge in [0.05, 0.1) is 25.9 Å². The predicted octanol–water partition coefficient (Wildman–Crippen LogP) is 3.86. The van der Waals surface area contributed by atoms with Gasteiger partial charge in [-0.15, -0.1) is 5.10 Å². The first kappa shape index (κ1) is 19.8. The molecule has 160 valence electrons. The summed E-state index contributed by atoms with van der Waals surface area (Å²) in [4.78, 5) is 17.7. The van der Waals surface area contributed by atoms with Crippen molar-refractivity contribution in [1.29, 1.82) is 5.26 Å². The average molecular weight is 427 g/mol. The van der Waals surface area contributed by atoms with E-state index < -0.39 is 6.04 Å². The second-order valence-electron chi connectivity index (χ2n) is 7.70. The Morgan fingerprint density at radius 3 is 2.59 bits per heavy atom. The van der Waals surface area contributed by atoms with Crippen molar-refractivity contribution < 1.29 is 14.3 Å². The molecule has 0 radical (unpaired) electrons. The minimum absolute atomic E-state index is 0.113. The van der Waals surface area contributed by atoms with E-state index in [0.717, 1.165) is 35.2 Å². The van der Waals surface area contributed by atoms with Gasteiger partial charge in [-0.05, 0) is 48.7 Å². The molecular formula is C24H21N5O3. The maximum atomic E-state index is 12.9. The Hall–Kier alpha value is -4.12. The minimum Gasteiger partial charge on any atom is -0.493 e. The number of nitrogens with one attached hydrogen (secondary N) is 1. The number of hydrogen-bond acceptors (Lipinski definition) is 7. The number of nitrogens with zero attached hydrogens (tertiary/aromatic N) is 4. The standard InChI is InChI=1S/C24H21N5O3/c1-31-19-11-10-16(12-20(19)32-2)23-27-24-26-17-4-3-5-18(30)21(17)22(29(24)28-23)15-8-6-14(13-25)7-9-15/h6-12,22H,3-5H2,1-2H3,(H,26,27,28). The lowest BCUT2D eigenvalue weighted by Gasteiger charge is -2.32. The van der Waals surface area contributed by atoms with Crippen LogP contribution in [0.15, 0.2) is 53.7 Å². The van der Waals surface area contributed by atoms with E-state index >= 15 is 0 Å². The van der Waals surface area contributed by atoms with Gasteiger partial charge in [-0.2, -0.15) is 10.2 Å². The molecule has 1 N–H and O–H groups in total. The molecule has 5 rings (SSSR count). The highest BCUT2D eigenvalue weighted by atomic mass is 16.5. The van der Waals surface area contributed by atoms with E-state index in [-0.39, 0.29) is 5.78 Å². The Morgan fingerprint density at radius 2 is 1.88 bits per heavy atom. The third kappa shape index (κ3) is 3.19. The van der Waals surface area contributed by atoms with E-state index in [1.807, 2.05) is 30.3 Å². The van der Waals surface area contributed by atoms with Gasteiger partial charge in [-0.1, -0.05) is 12.1 Å². The van der Waals surface area contributed by atoms with Crippen LogP contribution in [0.1, 0.15) is 36.4 Å². The first-order valence-corrected chi connectivity index (χ1v) is 10.3. The molecule has 0 amide bonds. The molecule has 1 aliphatic heterocycles. The monoisotopic (exact) mass is 427 g/mol. The number of allylic oxidation sites excluding steroid dienone is 2. The summed E-state index contributed by atoms with van der Waals surface area (Å²) in [6.45, 7) is 0. The van der Waals surface area contributed by atoms with Crippen LogP contribution < -0.4 is 14.8 Å². The fourth-order valence-electron chi connectivity index (χ4n) is 4.30. The molecule has 0 saturated heterocycles. The Bertz CT molecular complexity index is 1280. The van der Waals surface area contributed by atoms with Gasteiger partial charge in [-0.25, -0.2) is 4.68 Å². The van der Waals surface area contributed by atoms with E-state index in [9.17, 15) is 4.79 Å². The summed E-state index contributed by atoms with van der Waals surface area (Å²) >= 11 is 0. The largest absolute Gasteiger partial charge is 0.493 e. The molecule has 0 fully saturated rings. The molecule has 1 aliphatic carbocycles. The molecule has 1 atom stereocenters. The van der Waals surface area contributed by atoms with Gasteiger partial charge >= 0.3 is 0 Å². The number of ketones is 1. The lowest BCUT2D eigenvalue weighted by molar-refractivity contribution is -0.116. The summed E-state index contributed by atoms with van der Waals surface area (Å²) in [5, 5.41) is 17.3. The number of carbonyl (C=O) groups is 1. The highest BCUT2D eigenvalue weighted by Crippen LogP contribution is 2.41. The van der Waals surface area contributed by atoms with Crippen molar-refractivity contribution in [3.8, 4) is 29.0 Å². The Balaban J connectivity index is 1.64. The van der Waals surface area contributed by atoms with Crippen LogP contribution in [0.5, 0.6) is 11.5 Å². The average Bonchev–Trinajstić information content (AvgIpc) is 3.26. The first-order valence-electron chi connectivity index (χ1n) is 10.3. The van der Waals surface area contributed by atoms with Gasteiger partial charge < -0.3 is 14.8 Å². The molecule has 1 unspecified atom stereocenters. The molecule has 32 heavy (non-hydrogen) atoms. The van der Waals surface area contributed by atoms with Gasteiger partial charge in [0.1, 0.15) is 6.04 Å². The summed E-state index contributed by atoms with van der Waals surface area (Å²) in [7, 11) is 3.17. The van der Waals surface area contributed by atoms with Crippen molar-refractivity contribution in [3.05, 3.63) is 64.9 Å². The van der Waals surface area contributed by atoms with E-state index in [4.69, 9.17) is 24.8 Å². The summed E-state index contributed by atoms with van der Waals surface area (Å²) in [5.41, 5.74) is 3.84. The van der Waals surface area contributed by atoms with Crippen molar-refractivity contribution in [2.24, 2.45) is 0 Å². The van der Waals surface area contributed by atoms with E-state index in [2.05, 4.69) is 11.4 Å². The molecule has 2 heterocycles. The Morgan fingerprint density at radius 1 is 1.09 bits per heavy atom. The van der Waals surface area contributed by atoms with Crippen LogP contribution in [0, 0.1) is 11.3 Å². The van der Waals surface area contributed by atoms with E-state index in [1.54, 1.807) is 31.0 Å². The number of Topliss-reactive ketones (excluding diaryl/α,β-unsaturated/α-hetero) is 1. The number of nitriles is 1. The van der Waals surface area contributed by atoms with Gasteiger partial charge in [0, 0.05) is 23.3 Å². The molecule has 2 aliphatic rings. The first-order chi connectivity index (χ1) is 15.6. The lowest BCUT2D eigenvalue weighted by atomic mass is 9.85. The molecule has 2 aromatic carbocycles. The zero-order valence-electron chi connectivity index (χ0n) is 17.8. The molecule has 8 heteroatoms. The normalized spacial score (nSPS) is 17.2. The predicted molar refractivity (Wildman–Crippen MR) is 117 cm³/mol. The summed E-state index contributed by atoms with van der Waals surface area (Å²) in [6, 6.07) is 14.5. The smallest absolute Gasteiger partial charge is 0.226 e. The van der Waals surface area contributed by atoms with Crippen molar-refractivity contribution in [2.45, 2.75) is 25.3 Å². The maximum absolute atomic E-state index is 12.9. The lowest BCUT2D eigenvalue weighted by Crippen LogP contribution is -2.31. The summed E-state index contributed by atoms with van der Waals surface area (Å²) < 4.78 is 12.5. The number of ether oxygens (including phenoxy) is 2. The Labute approximate surface area is 185 Å². The number of hydrogen-bond donors (Lipinski definition) is 1. The highest BCUT2D eigenvalue weighted by molar-refractivity contribution is 5.99. The van der Waals surface area contributed by atoms with Gasteiger partial charge in [-0.3, -0.25) is 4.79 Å². The zero-order valence-corrected chi connectivity index (χ0v) is 17.8. The Kier molecular flexibility index (Phi) is 4.86. The molecule has 1 aromatic heterocycles. The maximum Gasteiger partial charge on any atom is 0.226 e. The van der Waals surface area contributed by atoms with Crippen LogP contribution in [0.25, 0.3) is 11.4 Å². The minimum atomic E-state index is -0.400. The van der Waals surface area contributed by atoms with Crippen LogP contribution in [0.3, 0.4) is 0 Å². The highest BCUT2D eigenvalue weighted by Gasteiger charge is 2.36. The third-order valence-corrected chi connectivity index (χ3v) is 5.87. The fraction of sp³-hybridized carbons (Fsp3) is 0.250. The number of aromatic nitrogens is 3. The quantitative estimate of drug-likeness (QED) is 0.674. The van der Waals surface area contributed by atoms with Crippen LogP contribution in [-0.4, -0.2) is 34.8 Å². The second kappa shape index (κ2) is 7.85. The van der Waals surface area contributed by atoms with Crippen molar-refractivity contribution in [1.82, 2.24) is 14.8 Å². The SMILES string of the molecule is COc1ccc(-c2nc3n(n2)C(c2ccc(C#N)cc2)C2=C(CCCC2=O)N3)cc1OC. The fourth-order valence-corrected chi connectivity index (χ4v) is 4.30. The molecule has 0 spiro atoms.